The van der Waals surface area contributed by atoms with Crippen molar-refractivity contribution < 1.29 is 19.2 Å². The number of rotatable bonds is 6. The Balaban J connectivity index is 1.63. The Bertz CT molecular complexity index is 1060. The Kier molecular flexibility index (Phi) is 5.99. The molecule has 0 fully saturated rings. The molecule has 0 aliphatic carbocycles. The molecule has 1 heterocycles. The van der Waals surface area contributed by atoms with Crippen LogP contribution < -0.4 is 5.32 Å². The van der Waals surface area contributed by atoms with Gasteiger partial charge in [0.1, 0.15) is 0 Å². The third-order valence-electron chi connectivity index (χ3n) is 4.03. The van der Waals surface area contributed by atoms with E-state index in [9.17, 15) is 19.7 Å². The van der Waals surface area contributed by atoms with Gasteiger partial charge in [0, 0.05) is 23.1 Å². The Morgan fingerprint density at radius 2 is 1.93 bits per heavy atom. The van der Waals surface area contributed by atoms with E-state index in [1.54, 1.807) is 41.8 Å². The van der Waals surface area contributed by atoms with E-state index in [1.807, 2.05) is 6.92 Å². The standard InChI is InChI=1S/C20H17N3O5S/c1-12-6-8-14(9-7-12)19(25)28-13(2)18(24)22-20-21-17(11-29-20)15-4-3-5-16(10-15)23(26)27/h3-11,13H,1-2H3,(H,21,22,24)/t13-/m0/s1. The van der Waals surface area contributed by atoms with Gasteiger partial charge in [-0.2, -0.15) is 0 Å². The molecule has 3 aromatic rings. The summed E-state index contributed by atoms with van der Waals surface area (Å²) in [6.45, 7) is 3.37. The third kappa shape index (κ3) is 5.02. The van der Waals surface area contributed by atoms with E-state index >= 15 is 0 Å². The Morgan fingerprint density at radius 3 is 2.62 bits per heavy atom. The molecule has 1 aromatic heterocycles. The van der Waals surface area contributed by atoms with Crippen molar-refractivity contribution in [1.82, 2.24) is 4.98 Å². The summed E-state index contributed by atoms with van der Waals surface area (Å²) in [6, 6.07) is 12.9. The van der Waals surface area contributed by atoms with Crippen LogP contribution in [0, 0.1) is 17.0 Å². The van der Waals surface area contributed by atoms with Gasteiger partial charge in [0.05, 0.1) is 16.2 Å². The van der Waals surface area contributed by atoms with Gasteiger partial charge in [0.15, 0.2) is 11.2 Å². The molecule has 2 aromatic carbocycles. The Labute approximate surface area is 170 Å². The number of carbonyl (C=O) groups is 2. The highest BCUT2D eigenvalue weighted by Gasteiger charge is 2.20. The van der Waals surface area contributed by atoms with Crippen molar-refractivity contribution in [2.24, 2.45) is 0 Å². The molecule has 9 heteroatoms. The zero-order chi connectivity index (χ0) is 21.0. The van der Waals surface area contributed by atoms with Crippen LogP contribution in [0.15, 0.2) is 53.9 Å². The minimum absolute atomic E-state index is 0.0438. The van der Waals surface area contributed by atoms with Gasteiger partial charge in [0.25, 0.3) is 11.6 Å². The van der Waals surface area contributed by atoms with E-state index in [-0.39, 0.29) is 5.69 Å². The minimum atomic E-state index is -1.02. The van der Waals surface area contributed by atoms with Gasteiger partial charge in [-0.3, -0.25) is 20.2 Å². The number of amides is 1. The molecule has 0 spiro atoms. The summed E-state index contributed by atoms with van der Waals surface area (Å²) >= 11 is 1.17. The summed E-state index contributed by atoms with van der Waals surface area (Å²) < 4.78 is 5.19. The number of benzene rings is 2. The van der Waals surface area contributed by atoms with E-state index in [2.05, 4.69) is 10.3 Å². The first kappa shape index (κ1) is 20.2. The molecular weight excluding hydrogens is 394 g/mol. The zero-order valence-electron chi connectivity index (χ0n) is 15.6. The molecule has 1 N–H and O–H groups in total. The first-order chi connectivity index (χ1) is 13.8. The topological polar surface area (TPSA) is 111 Å². The largest absolute Gasteiger partial charge is 0.449 e. The molecule has 0 bridgehead atoms. The molecule has 0 radical (unpaired) electrons. The average Bonchev–Trinajstić information content (AvgIpc) is 3.17. The maximum absolute atomic E-state index is 12.3. The van der Waals surface area contributed by atoms with Crippen LogP contribution >= 0.6 is 11.3 Å². The number of thiazole rings is 1. The van der Waals surface area contributed by atoms with Crippen LogP contribution in [-0.4, -0.2) is 27.9 Å². The lowest BCUT2D eigenvalue weighted by Crippen LogP contribution is -2.29. The smallest absolute Gasteiger partial charge is 0.338 e. The second-order valence-electron chi connectivity index (χ2n) is 6.25. The van der Waals surface area contributed by atoms with Crippen LogP contribution in [0.25, 0.3) is 11.3 Å². The molecule has 1 atom stereocenters. The number of hydrogen-bond acceptors (Lipinski definition) is 7. The highest BCUT2D eigenvalue weighted by Crippen LogP contribution is 2.27. The number of nitrogens with one attached hydrogen (secondary N) is 1. The van der Waals surface area contributed by atoms with Crippen molar-refractivity contribution in [3.05, 3.63) is 75.2 Å². The van der Waals surface area contributed by atoms with Gasteiger partial charge < -0.3 is 4.74 Å². The molecule has 8 nitrogen and oxygen atoms in total. The molecule has 0 aliphatic rings. The second kappa shape index (κ2) is 8.61. The van der Waals surface area contributed by atoms with Crippen LogP contribution in [0.4, 0.5) is 10.8 Å². The number of nitro groups is 1. The van der Waals surface area contributed by atoms with E-state index in [0.29, 0.717) is 22.0 Å². The molecule has 1 amide bonds. The number of esters is 1. The summed E-state index contributed by atoms with van der Waals surface area (Å²) in [5.74, 6) is -1.12. The van der Waals surface area contributed by atoms with E-state index in [4.69, 9.17) is 4.74 Å². The van der Waals surface area contributed by atoms with Crippen molar-refractivity contribution in [2.45, 2.75) is 20.0 Å². The van der Waals surface area contributed by atoms with Crippen LogP contribution in [0.2, 0.25) is 0 Å². The predicted octanol–water partition coefficient (Wildman–Crippen LogP) is 4.21. The molecular formula is C20H17N3O5S. The van der Waals surface area contributed by atoms with Crippen molar-refractivity contribution in [1.29, 1.82) is 0 Å². The Morgan fingerprint density at radius 1 is 1.21 bits per heavy atom. The van der Waals surface area contributed by atoms with Gasteiger partial charge in [-0.05, 0) is 26.0 Å². The average molecular weight is 411 g/mol. The summed E-state index contributed by atoms with van der Waals surface area (Å²) in [7, 11) is 0. The Hall–Kier alpha value is -3.59. The summed E-state index contributed by atoms with van der Waals surface area (Å²) in [5, 5.41) is 15.5. The number of non-ortho nitro benzene ring substituents is 1. The molecule has 0 aliphatic heterocycles. The molecule has 29 heavy (non-hydrogen) atoms. The summed E-state index contributed by atoms with van der Waals surface area (Å²) in [4.78, 5) is 39.1. The van der Waals surface area contributed by atoms with Crippen molar-refractivity contribution in [3.8, 4) is 11.3 Å². The number of aryl methyl sites for hydroxylation is 1. The molecule has 0 unspecified atom stereocenters. The number of nitro benzene ring substituents is 1. The molecule has 148 valence electrons. The number of nitrogens with zero attached hydrogens (tertiary/aromatic N) is 2. The third-order valence-corrected chi connectivity index (χ3v) is 4.79. The number of ether oxygens (including phenoxy) is 1. The highest BCUT2D eigenvalue weighted by molar-refractivity contribution is 7.14. The van der Waals surface area contributed by atoms with E-state index in [1.165, 1.54) is 30.4 Å². The van der Waals surface area contributed by atoms with Gasteiger partial charge in [-0.25, -0.2) is 9.78 Å². The van der Waals surface area contributed by atoms with E-state index < -0.39 is 22.9 Å². The molecule has 0 saturated carbocycles. The number of carbonyl (C=O) groups excluding carboxylic acids is 2. The molecule has 3 rings (SSSR count). The minimum Gasteiger partial charge on any atom is -0.449 e. The maximum atomic E-state index is 12.3. The number of anilines is 1. The van der Waals surface area contributed by atoms with Crippen molar-refractivity contribution in [2.75, 3.05) is 5.32 Å². The predicted molar refractivity (Wildman–Crippen MR) is 109 cm³/mol. The lowest BCUT2D eigenvalue weighted by Gasteiger charge is -2.12. The molecule has 0 saturated heterocycles. The quantitative estimate of drug-likeness (QED) is 0.369. The van der Waals surface area contributed by atoms with E-state index in [0.717, 1.165) is 5.56 Å². The van der Waals surface area contributed by atoms with Crippen LogP contribution in [0.5, 0.6) is 0 Å². The monoisotopic (exact) mass is 411 g/mol. The lowest BCUT2D eigenvalue weighted by atomic mass is 10.1. The fraction of sp³-hybridized carbons (Fsp3) is 0.150. The summed E-state index contributed by atoms with van der Waals surface area (Å²) in [6.07, 6.45) is -1.02. The second-order valence-corrected chi connectivity index (χ2v) is 7.11. The fourth-order valence-corrected chi connectivity index (χ4v) is 3.14. The SMILES string of the molecule is Cc1ccc(C(=O)O[C@@H](C)C(=O)Nc2nc(-c3cccc([N+](=O)[O-])c3)cs2)cc1. The first-order valence-electron chi connectivity index (χ1n) is 8.62. The van der Waals surface area contributed by atoms with Crippen LogP contribution in [0.3, 0.4) is 0 Å². The van der Waals surface area contributed by atoms with Gasteiger partial charge in [0.2, 0.25) is 0 Å². The van der Waals surface area contributed by atoms with Gasteiger partial charge in [-0.15, -0.1) is 11.3 Å². The number of hydrogen-bond donors (Lipinski definition) is 1. The number of aromatic nitrogens is 1. The first-order valence-corrected chi connectivity index (χ1v) is 9.50. The maximum Gasteiger partial charge on any atom is 0.338 e. The fourth-order valence-electron chi connectivity index (χ4n) is 2.42. The summed E-state index contributed by atoms with van der Waals surface area (Å²) in [5.41, 5.74) is 2.39. The van der Waals surface area contributed by atoms with Gasteiger partial charge >= 0.3 is 5.97 Å². The van der Waals surface area contributed by atoms with Crippen LogP contribution in [0.1, 0.15) is 22.8 Å². The van der Waals surface area contributed by atoms with Crippen LogP contribution in [-0.2, 0) is 9.53 Å². The normalized spacial score (nSPS) is 11.5. The van der Waals surface area contributed by atoms with Crippen molar-refractivity contribution in [3.63, 3.8) is 0 Å². The highest BCUT2D eigenvalue weighted by atomic mass is 32.1. The van der Waals surface area contributed by atoms with Crippen molar-refractivity contribution >= 4 is 34.0 Å². The van der Waals surface area contributed by atoms with Gasteiger partial charge in [-0.1, -0.05) is 29.8 Å². The zero-order valence-corrected chi connectivity index (χ0v) is 16.4. The lowest BCUT2D eigenvalue weighted by molar-refractivity contribution is -0.384.